The number of anilines is 1. The molecule has 1 rings (SSSR count). The molecule has 0 fully saturated rings. The molecule has 0 aromatic heterocycles. The van der Waals surface area contributed by atoms with Crippen molar-refractivity contribution in [2.24, 2.45) is 5.73 Å². The summed E-state index contributed by atoms with van der Waals surface area (Å²) in [5.74, 6) is -1.26. The highest BCUT2D eigenvalue weighted by Crippen LogP contribution is 2.23. The summed E-state index contributed by atoms with van der Waals surface area (Å²) in [5.41, 5.74) is 5.87. The zero-order valence-electron chi connectivity index (χ0n) is 9.56. The third kappa shape index (κ3) is 3.18. The van der Waals surface area contributed by atoms with Gasteiger partial charge in [-0.2, -0.15) is 0 Å². The van der Waals surface area contributed by atoms with Gasteiger partial charge in [-0.1, -0.05) is 0 Å². The van der Waals surface area contributed by atoms with Gasteiger partial charge in [0.05, 0.1) is 13.2 Å². The summed E-state index contributed by atoms with van der Waals surface area (Å²) in [6, 6.07) is 3.63. The van der Waals surface area contributed by atoms with E-state index >= 15 is 0 Å². The van der Waals surface area contributed by atoms with Gasteiger partial charge in [0.1, 0.15) is 11.3 Å². The fourth-order valence-corrected chi connectivity index (χ4v) is 1.20. The molecule has 1 aromatic rings. The van der Waals surface area contributed by atoms with E-state index in [4.69, 9.17) is 15.6 Å². The van der Waals surface area contributed by atoms with Crippen LogP contribution >= 0.6 is 0 Å². The molecule has 1 amide bonds. The summed E-state index contributed by atoms with van der Waals surface area (Å²) >= 11 is 0. The van der Waals surface area contributed by atoms with Gasteiger partial charge in [0.2, 0.25) is 5.91 Å². The average molecular weight is 238 g/mol. The van der Waals surface area contributed by atoms with E-state index in [1.165, 1.54) is 25.3 Å². The summed E-state index contributed by atoms with van der Waals surface area (Å²) in [6.45, 7) is 1.55. The van der Waals surface area contributed by atoms with Crippen molar-refractivity contribution in [1.29, 1.82) is 0 Å². The minimum atomic E-state index is -1.09. The van der Waals surface area contributed by atoms with Crippen LogP contribution in [0.4, 0.5) is 5.69 Å². The lowest BCUT2D eigenvalue weighted by Gasteiger charge is -2.10. The molecule has 0 saturated heterocycles. The molecule has 0 aliphatic carbocycles. The second-order valence-electron chi connectivity index (χ2n) is 3.50. The number of carbonyl (C=O) groups excluding carboxylic acids is 1. The Morgan fingerprint density at radius 1 is 1.47 bits per heavy atom. The molecule has 0 aliphatic rings. The van der Waals surface area contributed by atoms with Crippen molar-refractivity contribution >= 4 is 17.6 Å². The maximum absolute atomic E-state index is 11.3. The number of aromatic carboxylic acids is 1. The van der Waals surface area contributed by atoms with E-state index in [0.717, 1.165) is 0 Å². The standard InChI is InChI=1S/C11H14N2O4/c1-6(12)10(14)13-7-3-4-8(11(15)16)9(5-7)17-2/h3-6H,12H2,1-2H3,(H,13,14)(H,15,16). The largest absolute Gasteiger partial charge is 0.496 e. The average Bonchev–Trinajstić information content (AvgIpc) is 2.28. The number of nitrogens with one attached hydrogen (secondary N) is 1. The number of amides is 1. The van der Waals surface area contributed by atoms with Crippen LogP contribution < -0.4 is 15.8 Å². The molecule has 6 heteroatoms. The quantitative estimate of drug-likeness (QED) is 0.715. The molecular formula is C11H14N2O4. The number of carboxylic acid groups (broad SMARTS) is 1. The molecule has 1 unspecified atom stereocenters. The van der Waals surface area contributed by atoms with Crippen LogP contribution in [-0.4, -0.2) is 30.1 Å². The van der Waals surface area contributed by atoms with Crippen molar-refractivity contribution in [3.05, 3.63) is 23.8 Å². The molecule has 6 nitrogen and oxygen atoms in total. The summed E-state index contributed by atoms with van der Waals surface area (Å²) in [6.07, 6.45) is 0. The normalized spacial score (nSPS) is 11.7. The van der Waals surface area contributed by atoms with Crippen LogP contribution in [0, 0.1) is 0 Å². The van der Waals surface area contributed by atoms with Crippen LogP contribution in [0.15, 0.2) is 18.2 Å². The highest BCUT2D eigenvalue weighted by atomic mass is 16.5. The Bertz CT molecular complexity index is 443. The Labute approximate surface area is 98.4 Å². The van der Waals surface area contributed by atoms with Crippen molar-refractivity contribution in [2.75, 3.05) is 12.4 Å². The molecule has 92 valence electrons. The Morgan fingerprint density at radius 3 is 2.59 bits per heavy atom. The van der Waals surface area contributed by atoms with Gasteiger partial charge in [-0.05, 0) is 19.1 Å². The summed E-state index contributed by atoms with van der Waals surface area (Å²) in [5, 5.41) is 11.4. The summed E-state index contributed by atoms with van der Waals surface area (Å²) in [7, 11) is 1.36. The van der Waals surface area contributed by atoms with Gasteiger partial charge in [-0.15, -0.1) is 0 Å². The number of benzene rings is 1. The van der Waals surface area contributed by atoms with Gasteiger partial charge >= 0.3 is 5.97 Å². The van der Waals surface area contributed by atoms with Crippen molar-refractivity contribution in [2.45, 2.75) is 13.0 Å². The van der Waals surface area contributed by atoms with Gasteiger partial charge in [-0.3, -0.25) is 4.79 Å². The van der Waals surface area contributed by atoms with Crippen molar-refractivity contribution in [3.8, 4) is 5.75 Å². The van der Waals surface area contributed by atoms with Gasteiger partial charge < -0.3 is 20.9 Å². The Balaban J connectivity index is 2.98. The fourth-order valence-electron chi connectivity index (χ4n) is 1.20. The van der Waals surface area contributed by atoms with E-state index in [0.29, 0.717) is 5.69 Å². The van der Waals surface area contributed by atoms with Gasteiger partial charge in [-0.25, -0.2) is 4.79 Å². The van der Waals surface area contributed by atoms with Crippen LogP contribution in [0.3, 0.4) is 0 Å². The van der Waals surface area contributed by atoms with E-state index in [-0.39, 0.29) is 17.2 Å². The number of hydrogen-bond acceptors (Lipinski definition) is 4. The van der Waals surface area contributed by atoms with Gasteiger partial charge in [0, 0.05) is 11.8 Å². The minimum absolute atomic E-state index is 0.0336. The molecule has 0 radical (unpaired) electrons. The van der Waals surface area contributed by atoms with E-state index in [2.05, 4.69) is 5.32 Å². The van der Waals surface area contributed by atoms with Gasteiger partial charge in [0.15, 0.2) is 0 Å². The SMILES string of the molecule is COc1cc(NC(=O)C(C)N)ccc1C(=O)O. The molecule has 17 heavy (non-hydrogen) atoms. The number of methoxy groups -OCH3 is 1. The van der Waals surface area contributed by atoms with Crippen LogP contribution in [0.25, 0.3) is 0 Å². The lowest BCUT2D eigenvalue weighted by molar-refractivity contribution is -0.117. The molecular weight excluding hydrogens is 224 g/mol. The lowest BCUT2D eigenvalue weighted by Crippen LogP contribution is -2.32. The van der Waals surface area contributed by atoms with E-state index < -0.39 is 12.0 Å². The third-order valence-corrected chi connectivity index (χ3v) is 2.11. The first kappa shape index (κ1) is 13.0. The zero-order valence-corrected chi connectivity index (χ0v) is 9.56. The smallest absolute Gasteiger partial charge is 0.339 e. The lowest BCUT2D eigenvalue weighted by atomic mass is 10.1. The maximum Gasteiger partial charge on any atom is 0.339 e. The van der Waals surface area contributed by atoms with E-state index in [1.54, 1.807) is 6.92 Å². The van der Waals surface area contributed by atoms with Crippen LogP contribution in [0.5, 0.6) is 5.75 Å². The first-order valence-corrected chi connectivity index (χ1v) is 4.93. The number of hydrogen-bond donors (Lipinski definition) is 3. The van der Waals surface area contributed by atoms with Crippen molar-refractivity contribution in [3.63, 3.8) is 0 Å². The second-order valence-corrected chi connectivity index (χ2v) is 3.50. The Morgan fingerprint density at radius 2 is 2.12 bits per heavy atom. The predicted molar refractivity (Wildman–Crippen MR) is 62.2 cm³/mol. The van der Waals surface area contributed by atoms with Gasteiger partial charge in [0.25, 0.3) is 0 Å². The number of rotatable bonds is 4. The van der Waals surface area contributed by atoms with E-state index in [1.807, 2.05) is 0 Å². The number of ether oxygens (including phenoxy) is 1. The highest BCUT2D eigenvalue weighted by Gasteiger charge is 2.13. The number of carboxylic acids is 1. The molecule has 0 heterocycles. The summed E-state index contributed by atoms with van der Waals surface area (Å²) in [4.78, 5) is 22.2. The molecule has 0 bridgehead atoms. The summed E-state index contributed by atoms with van der Waals surface area (Å²) < 4.78 is 4.93. The van der Waals surface area contributed by atoms with Crippen LogP contribution in [0.1, 0.15) is 17.3 Å². The highest BCUT2D eigenvalue weighted by molar-refractivity contribution is 5.96. The molecule has 1 atom stereocenters. The number of carbonyl (C=O) groups is 2. The second kappa shape index (κ2) is 5.31. The molecule has 1 aromatic carbocycles. The molecule has 0 spiro atoms. The molecule has 0 saturated carbocycles. The van der Waals surface area contributed by atoms with Crippen LogP contribution in [0.2, 0.25) is 0 Å². The van der Waals surface area contributed by atoms with Crippen LogP contribution in [-0.2, 0) is 4.79 Å². The topological polar surface area (TPSA) is 102 Å². The Hall–Kier alpha value is -2.08. The first-order chi connectivity index (χ1) is 7.95. The van der Waals surface area contributed by atoms with E-state index in [9.17, 15) is 9.59 Å². The minimum Gasteiger partial charge on any atom is -0.496 e. The van der Waals surface area contributed by atoms with Crippen molar-refractivity contribution < 1.29 is 19.4 Å². The molecule has 4 N–H and O–H groups in total. The molecule has 0 aliphatic heterocycles. The predicted octanol–water partition coefficient (Wildman–Crippen LogP) is 0.679. The first-order valence-electron chi connectivity index (χ1n) is 4.93. The fraction of sp³-hybridized carbons (Fsp3) is 0.273. The monoisotopic (exact) mass is 238 g/mol. The Kier molecular flexibility index (Phi) is 4.06. The third-order valence-electron chi connectivity index (χ3n) is 2.11. The van der Waals surface area contributed by atoms with Crippen molar-refractivity contribution in [1.82, 2.24) is 0 Å². The number of nitrogens with two attached hydrogens (primary N) is 1. The zero-order chi connectivity index (χ0) is 13.0. The maximum atomic E-state index is 11.3.